The van der Waals surface area contributed by atoms with Gasteiger partial charge in [-0.1, -0.05) is 6.07 Å². The molecular formula is C18H26N4O5S. The van der Waals surface area contributed by atoms with E-state index in [9.17, 15) is 22.8 Å². The fraction of sp³-hybridized carbons (Fsp3) is 0.500. The van der Waals surface area contributed by atoms with Gasteiger partial charge in [-0.15, -0.1) is 0 Å². The smallest absolute Gasteiger partial charge is 0.251 e. The highest BCUT2D eigenvalue weighted by atomic mass is 32.2. The van der Waals surface area contributed by atoms with Crippen molar-refractivity contribution in [1.29, 1.82) is 0 Å². The molecular weight excluding hydrogens is 384 g/mol. The van der Waals surface area contributed by atoms with E-state index in [0.29, 0.717) is 13.1 Å². The molecule has 28 heavy (non-hydrogen) atoms. The molecule has 9 nitrogen and oxygen atoms in total. The number of sulfonamides is 1. The predicted octanol–water partition coefficient (Wildman–Crippen LogP) is -0.206. The lowest BCUT2D eigenvalue weighted by atomic mass is 10.2. The van der Waals surface area contributed by atoms with Crippen LogP contribution in [0.4, 0.5) is 0 Å². The first kappa shape index (κ1) is 21.8. The molecule has 2 rings (SSSR count). The molecule has 10 heteroatoms. The van der Waals surface area contributed by atoms with Crippen LogP contribution in [0.25, 0.3) is 0 Å². The molecule has 1 fully saturated rings. The number of amides is 3. The Morgan fingerprint density at radius 2 is 1.75 bits per heavy atom. The van der Waals surface area contributed by atoms with Gasteiger partial charge in [0.15, 0.2) is 0 Å². The topological polar surface area (TPSA) is 116 Å². The van der Waals surface area contributed by atoms with E-state index in [2.05, 4.69) is 10.6 Å². The molecule has 1 heterocycles. The van der Waals surface area contributed by atoms with E-state index >= 15 is 0 Å². The van der Waals surface area contributed by atoms with E-state index in [-0.39, 0.29) is 47.9 Å². The minimum Gasteiger partial charge on any atom is -0.352 e. The summed E-state index contributed by atoms with van der Waals surface area (Å²) in [5, 5.41) is 5.13. The maximum Gasteiger partial charge on any atom is 0.251 e. The summed E-state index contributed by atoms with van der Waals surface area (Å²) in [6.45, 7) is 5.95. The Kier molecular flexibility index (Phi) is 7.14. The second-order valence-electron chi connectivity index (χ2n) is 6.84. The number of piperazine rings is 1. The molecule has 0 bridgehead atoms. The molecule has 1 aliphatic heterocycles. The quantitative estimate of drug-likeness (QED) is 0.673. The molecule has 0 unspecified atom stereocenters. The Bertz CT molecular complexity index is 845. The Morgan fingerprint density at radius 3 is 2.32 bits per heavy atom. The first-order valence-corrected chi connectivity index (χ1v) is 10.5. The number of hydrogen-bond acceptors (Lipinski definition) is 5. The van der Waals surface area contributed by atoms with Gasteiger partial charge in [0.05, 0.1) is 11.4 Å². The molecule has 0 radical (unpaired) electrons. The van der Waals surface area contributed by atoms with E-state index in [1.165, 1.54) is 35.5 Å². The Balaban J connectivity index is 2.06. The van der Waals surface area contributed by atoms with E-state index < -0.39 is 15.9 Å². The largest absolute Gasteiger partial charge is 0.352 e. The summed E-state index contributed by atoms with van der Waals surface area (Å²) in [5.41, 5.74) is 0.154. The van der Waals surface area contributed by atoms with E-state index in [0.717, 1.165) is 0 Å². The van der Waals surface area contributed by atoms with Gasteiger partial charge in [-0.3, -0.25) is 14.4 Å². The second kappa shape index (κ2) is 9.16. The van der Waals surface area contributed by atoms with Gasteiger partial charge in [-0.2, -0.15) is 4.31 Å². The van der Waals surface area contributed by atoms with Gasteiger partial charge in [0.2, 0.25) is 21.8 Å². The first-order chi connectivity index (χ1) is 13.1. The van der Waals surface area contributed by atoms with Gasteiger partial charge in [0, 0.05) is 44.7 Å². The van der Waals surface area contributed by atoms with Crippen LogP contribution in [-0.4, -0.2) is 74.1 Å². The van der Waals surface area contributed by atoms with Gasteiger partial charge in [-0.05, 0) is 32.0 Å². The van der Waals surface area contributed by atoms with Crippen molar-refractivity contribution < 1.29 is 22.8 Å². The third kappa shape index (κ3) is 5.52. The summed E-state index contributed by atoms with van der Waals surface area (Å²) in [4.78, 5) is 36.9. The van der Waals surface area contributed by atoms with Crippen LogP contribution in [0.1, 0.15) is 31.1 Å². The zero-order chi connectivity index (χ0) is 20.9. The standard InChI is InChI=1S/C18H26N4O5S/c1-13(2)20-17(24)12-19-18(25)15-5-4-6-16(11-15)28(26,27)22-9-7-21(8-10-22)14(3)23/h4-6,11,13H,7-10,12H2,1-3H3,(H,19,25)(H,20,24). The molecule has 0 aliphatic carbocycles. The van der Waals surface area contributed by atoms with Crippen molar-refractivity contribution in [3.05, 3.63) is 29.8 Å². The zero-order valence-electron chi connectivity index (χ0n) is 16.3. The molecule has 1 aromatic carbocycles. The third-order valence-corrected chi connectivity index (χ3v) is 6.17. The molecule has 1 aliphatic rings. The molecule has 154 valence electrons. The van der Waals surface area contributed by atoms with Crippen LogP contribution in [0.2, 0.25) is 0 Å². The molecule has 2 N–H and O–H groups in total. The van der Waals surface area contributed by atoms with Gasteiger partial charge >= 0.3 is 0 Å². The summed E-state index contributed by atoms with van der Waals surface area (Å²) in [5.74, 6) is -0.940. The molecule has 0 saturated carbocycles. The minimum absolute atomic E-state index is 0.00283. The first-order valence-electron chi connectivity index (χ1n) is 9.04. The highest BCUT2D eigenvalue weighted by molar-refractivity contribution is 7.89. The van der Waals surface area contributed by atoms with Crippen molar-refractivity contribution in [3.63, 3.8) is 0 Å². The van der Waals surface area contributed by atoms with Crippen molar-refractivity contribution in [2.24, 2.45) is 0 Å². The van der Waals surface area contributed by atoms with Gasteiger partial charge < -0.3 is 15.5 Å². The zero-order valence-corrected chi connectivity index (χ0v) is 17.1. The molecule has 1 saturated heterocycles. The van der Waals surface area contributed by atoms with E-state index in [1.807, 2.05) is 13.8 Å². The summed E-state index contributed by atoms with van der Waals surface area (Å²) in [6.07, 6.45) is 0. The number of hydrogen-bond donors (Lipinski definition) is 2. The van der Waals surface area contributed by atoms with Crippen LogP contribution in [0.15, 0.2) is 29.2 Å². The molecule has 1 aromatic rings. The predicted molar refractivity (Wildman–Crippen MR) is 103 cm³/mol. The fourth-order valence-corrected chi connectivity index (χ4v) is 4.29. The molecule has 0 aromatic heterocycles. The van der Waals surface area contributed by atoms with E-state index in [1.54, 1.807) is 4.90 Å². The molecule has 3 amide bonds. The average molecular weight is 410 g/mol. The van der Waals surface area contributed by atoms with Crippen LogP contribution < -0.4 is 10.6 Å². The van der Waals surface area contributed by atoms with Crippen molar-refractivity contribution in [3.8, 4) is 0 Å². The van der Waals surface area contributed by atoms with Crippen molar-refractivity contribution in [2.75, 3.05) is 32.7 Å². The van der Waals surface area contributed by atoms with Crippen molar-refractivity contribution in [1.82, 2.24) is 19.8 Å². The molecule has 0 atom stereocenters. The normalized spacial score (nSPS) is 15.4. The van der Waals surface area contributed by atoms with Crippen LogP contribution in [-0.2, 0) is 19.6 Å². The van der Waals surface area contributed by atoms with E-state index in [4.69, 9.17) is 0 Å². The van der Waals surface area contributed by atoms with Crippen LogP contribution in [0.3, 0.4) is 0 Å². The SMILES string of the molecule is CC(=O)N1CCN(S(=O)(=O)c2cccc(C(=O)NCC(=O)NC(C)C)c2)CC1. The van der Waals surface area contributed by atoms with Crippen LogP contribution >= 0.6 is 0 Å². The summed E-state index contributed by atoms with van der Waals surface area (Å²) in [7, 11) is -3.78. The number of rotatable bonds is 6. The van der Waals surface area contributed by atoms with Crippen LogP contribution in [0, 0.1) is 0 Å². The number of carbonyl (C=O) groups excluding carboxylic acids is 3. The minimum atomic E-state index is -3.78. The summed E-state index contributed by atoms with van der Waals surface area (Å²) in [6, 6.07) is 5.66. The Labute approximate surface area is 165 Å². The fourth-order valence-electron chi connectivity index (χ4n) is 2.83. The number of nitrogens with one attached hydrogen (secondary N) is 2. The third-order valence-electron chi connectivity index (χ3n) is 4.28. The number of benzene rings is 1. The highest BCUT2D eigenvalue weighted by Crippen LogP contribution is 2.19. The maximum atomic E-state index is 12.9. The van der Waals surface area contributed by atoms with Crippen molar-refractivity contribution >= 4 is 27.7 Å². The van der Waals surface area contributed by atoms with Gasteiger partial charge in [-0.25, -0.2) is 8.42 Å². The lowest BCUT2D eigenvalue weighted by molar-refractivity contribution is -0.130. The Hall–Kier alpha value is -2.46. The highest BCUT2D eigenvalue weighted by Gasteiger charge is 2.29. The van der Waals surface area contributed by atoms with Gasteiger partial charge in [0.25, 0.3) is 5.91 Å². The number of nitrogens with zero attached hydrogens (tertiary/aromatic N) is 2. The summed E-state index contributed by atoms with van der Waals surface area (Å²) < 4.78 is 27.0. The number of carbonyl (C=O) groups is 3. The van der Waals surface area contributed by atoms with Gasteiger partial charge in [0.1, 0.15) is 0 Å². The Morgan fingerprint density at radius 1 is 1.11 bits per heavy atom. The average Bonchev–Trinajstić information content (AvgIpc) is 2.65. The maximum absolute atomic E-state index is 12.9. The lowest BCUT2D eigenvalue weighted by Crippen LogP contribution is -2.49. The molecule has 0 spiro atoms. The summed E-state index contributed by atoms with van der Waals surface area (Å²) >= 11 is 0. The second-order valence-corrected chi connectivity index (χ2v) is 8.78. The van der Waals surface area contributed by atoms with Crippen LogP contribution in [0.5, 0.6) is 0 Å². The monoisotopic (exact) mass is 410 g/mol. The lowest BCUT2D eigenvalue weighted by Gasteiger charge is -2.33. The van der Waals surface area contributed by atoms with Crippen molar-refractivity contribution in [2.45, 2.75) is 31.7 Å².